The Morgan fingerprint density at radius 3 is 2.58 bits per heavy atom. The first-order valence-corrected chi connectivity index (χ1v) is 10.5. The molecule has 1 aromatic carbocycles. The van der Waals surface area contributed by atoms with Crippen molar-refractivity contribution in [3.05, 3.63) is 56.8 Å². The molecule has 2 aromatic heterocycles. The van der Waals surface area contributed by atoms with E-state index in [1.54, 1.807) is 37.3 Å². The van der Waals surface area contributed by atoms with E-state index in [9.17, 15) is 19.2 Å². The van der Waals surface area contributed by atoms with Crippen LogP contribution in [-0.2, 0) is 31.9 Å². The first-order valence-electron chi connectivity index (χ1n) is 9.64. The highest BCUT2D eigenvalue weighted by molar-refractivity contribution is 7.16. The van der Waals surface area contributed by atoms with Crippen molar-refractivity contribution in [2.45, 2.75) is 26.7 Å². The third-order valence-corrected chi connectivity index (χ3v) is 5.53. The van der Waals surface area contributed by atoms with E-state index < -0.39 is 24.5 Å². The molecule has 0 spiro atoms. The molecule has 0 aliphatic rings. The van der Waals surface area contributed by atoms with Crippen LogP contribution >= 0.6 is 11.3 Å². The summed E-state index contributed by atoms with van der Waals surface area (Å²) in [5, 5.41) is 10.2. The molecular weight excluding hydrogens is 422 g/mol. The number of hydrogen-bond donors (Lipinski definition) is 2. The molecule has 0 saturated heterocycles. The maximum Gasteiger partial charge on any atom is 0.341 e. The molecule has 1 amide bonds. The minimum absolute atomic E-state index is 0.211. The van der Waals surface area contributed by atoms with Gasteiger partial charge >= 0.3 is 11.9 Å². The van der Waals surface area contributed by atoms with Crippen molar-refractivity contribution in [3.63, 3.8) is 0 Å². The summed E-state index contributed by atoms with van der Waals surface area (Å²) in [6, 6.07) is 8.44. The van der Waals surface area contributed by atoms with Crippen LogP contribution in [-0.4, -0.2) is 41.3 Å². The molecule has 0 fully saturated rings. The van der Waals surface area contributed by atoms with Crippen molar-refractivity contribution < 1.29 is 23.9 Å². The molecule has 0 unspecified atom stereocenters. The highest BCUT2D eigenvalue weighted by Gasteiger charge is 2.19. The van der Waals surface area contributed by atoms with Gasteiger partial charge in [0.15, 0.2) is 6.61 Å². The molecule has 0 aliphatic carbocycles. The molecule has 0 atom stereocenters. The number of hydrogen-bond acceptors (Lipinski definition) is 8. The van der Waals surface area contributed by atoms with Gasteiger partial charge in [-0.2, -0.15) is 5.10 Å². The van der Waals surface area contributed by atoms with Crippen molar-refractivity contribution in [3.8, 4) is 0 Å². The zero-order valence-electron chi connectivity index (χ0n) is 17.0. The molecule has 31 heavy (non-hydrogen) atoms. The maximum absolute atomic E-state index is 12.3. The quantitative estimate of drug-likeness (QED) is 0.512. The summed E-state index contributed by atoms with van der Waals surface area (Å²) in [6.07, 6.45) is 0.486. The van der Waals surface area contributed by atoms with Crippen LogP contribution in [0, 0.1) is 0 Å². The Bertz CT molecular complexity index is 1180. The lowest BCUT2D eigenvalue weighted by molar-refractivity contribution is -0.146. The van der Waals surface area contributed by atoms with Crippen molar-refractivity contribution in [1.82, 2.24) is 10.2 Å². The van der Waals surface area contributed by atoms with Gasteiger partial charge in [-0.25, -0.2) is 9.89 Å². The van der Waals surface area contributed by atoms with E-state index in [1.165, 1.54) is 11.3 Å². The average Bonchev–Trinajstić information content (AvgIpc) is 3.17. The third kappa shape index (κ3) is 5.34. The third-order valence-electron chi connectivity index (χ3n) is 4.33. The fraction of sp³-hybridized carbons (Fsp3) is 0.286. The molecule has 3 aromatic rings. The number of rotatable bonds is 8. The van der Waals surface area contributed by atoms with Crippen molar-refractivity contribution in [1.29, 1.82) is 0 Å². The molecule has 2 heterocycles. The van der Waals surface area contributed by atoms with Gasteiger partial charge in [-0.1, -0.05) is 25.1 Å². The van der Waals surface area contributed by atoms with Gasteiger partial charge in [0, 0.05) is 10.3 Å². The summed E-state index contributed by atoms with van der Waals surface area (Å²) in [5.74, 6) is -1.78. The van der Waals surface area contributed by atoms with Gasteiger partial charge in [0.2, 0.25) is 0 Å². The second kappa shape index (κ2) is 9.98. The first-order chi connectivity index (χ1) is 14.9. The number of thiophene rings is 1. The molecule has 2 N–H and O–H groups in total. The predicted molar refractivity (Wildman–Crippen MR) is 115 cm³/mol. The van der Waals surface area contributed by atoms with Crippen LogP contribution in [0.25, 0.3) is 10.8 Å². The first kappa shape index (κ1) is 22.2. The van der Waals surface area contributed by atoms with E-state index in [0.717, 1.165) is 4.88 Å². The van der Waals surface area contributed by atoms with Crippen LogP contribution in [0.1, 0.15) is 34.8 Å². The number of esters is 2. The van der Waals surface area contributed by atoms with E-state index in [4.69, 9.17) is 9.47 Å². The molecule has 162 valence electrons. The minimum atomic E-state index is -0.675. The lowest BCUT2D eigenvalue weighted by atomic mass is 10.1. The Balaban J connectivity index is 1.62. The van der Waals surface area contributed by atoms with Crippen LogP contribution in [0.2, 0.25) is 0 Å². The number of amides is 1. The van der Waals surface area contributed by atoms with Gasteiger partial charge < -0.3 is 14.8 Å². The SMILES string of the molecule is CCOC(=O)c1cc(CC)sc1NC(=O)COC(=O)Cc1n[nH]c(=O)c2ccccc12. The Hall–Kier alpha value is -3.53. The number of anilines is 1. The second-order valence-corrected chi connectivity index (χ2v) is 7.60. The molecule has 10 heteroatoms. The van der Waals surface area contributed by atoms with E-state index in [0.29, 0.717) is 27.9 Å². The van der Waals surface area contributed by atoms with Crippen molar-refractivity contribution in [2.75, 3.05) is 18.5 Å². The van der Waals surface area contributed by atoms with E-state index in [-0.39, 0.29) is 24.2 Å². The van der Waals surface area contributed by atoms with Crippen LogP contribution in [0.4, 0.5) is 5.00 Å². The van der Waals surface area contributed by atoms with Crippen LogP contribution in [0.5, 0.6) is 0 Å². The average molecular weight is 443 g/mol. The number of nitrogens with zero attached hydrogens (tertiary/aromatic N) is 1. The number of benzene rings is 1. The fourth-order valence-corrected chi connectivity index (χ4v) is 3.87. The highest BCUT2D eigenvalue weighted by atomic mass is 32.1. The fourth-order valence-electron chi connectivity index (χ4n) is 2.87. The topological polar surface area (TPSA) is 127 Å². The lowest BCUT2D eigenvalue weighted by Crippen LogP contribution is -2.23. The van der Waals surface area contributed by atoms with Gasteiger partial charge in [0.1, 0.15) is 5.00 Å². The van der Waals surface area contributed by atoms with Crippen LogP contribution < -0.4 is 10.9 Å². The summed E-state index contributed by atoms with van der Waals surface area (Å²) in [5.41, 5.74) is 0.259. The van der Waals surface area contributed by atoms with E-state index in [2.05, 4.69) is 15.5 Å². The van der Waals surface area contributed by atoms with E-state index >= 15 is 0 Å². The Morgan fingerprint density at radius 2 is 1.87 bits per heavy atom. The summed E-state index contributed by atoms with van der Waals surface area (Å²) in [6.45, 7) is 3.32. The number of nitrogens with one attached hydrogen (secondary N) is 2. The molecular formula is C21H21N3O6S. The molecule has 0 radical (unpaired) electrons. The number of aromatic amines is 1. The summed E-state index contributed by atoms with van der Waals surface area (Å²) in [7, 11) is 0. The van der Waals surface area contributed by atoms with Gasteiger partial charge in [-0.05, 0) is 25.5 Å². The molecule has 0 bridgehead atoms. The number of carbonyl (C=O) groups excluding carboxylic acids is 3. The summed E-state index contributed by atoms with van der Waals surface area (Å²) >= 11 is 1.26. The van der Waals surface area contributed by atoms with E-state index in [1.807, 2.05) is 6.92 Å². The Kier molecular flexibility index (Phi) is 7.14. The molecule has 3 rings (SSSR count). The number of ether oxygens (including phenoxy) is 2. The monoisotopic (exact) mass is 443 g/mol. The van der Waals surface area contributed by atoms with Gasteiger partial charge in [-0.15, -0.1) is 11.3 Å². The largest absolute Gasteiger partial charge is 0.462 e. The lowest BCUT2D eigenvalue weighted by Gasteiger charge is -2.08. The minimum Gasteiger partial charge on any atom is -0.462 e. The maximum atomic E-state index is 12.3. The highest BCUT2D eigenvalue weighted by Crippen LogP contribution is 2.29. The molecule has 0 aliphatic heterocycles. The second-order valence-electron chi connectivity index (χ2n) is 6.46. The number of H-pyrrole nitrogens is 1. The van der Waals surface area contributed by atoms with Crippen molar-refractivity contribution >= 4 is 45.0 Å². The van der Waals surface area contributed by atoms with Crippen LogP contribution in [0.15, 0.2) is 35.1 Å². The van der Waals surface area contributed by atoms with Gasteiger partial charge in [0.05, 0.1) is 29.7 Å². The summed E-state index contributed by atoms with van der Waals surface area (Å²) < 4.78 is 10.1. The summed E-state index contributed by atoms with van der Waals surface area (Å²) in [4.78, 5) is 49.3. The Morgan fingerprint density at radius 1 is 1.13 bits per heavy atom. The number of aryl methyl sites for hydroxylation is 1. The number of fused-ring (bicyclic) bond motifs is 1. The van der Waals surface area contributed by atoms with Crippen LogP contribution in [0.3, 0.4) is 0 Å². The molecule has 9 nitrogen and oxygen atoms in total. The Labute approximate surface area is 181 Å². The smallest absolute Gasteiger partial charge is 0.341 e. The standard InChI is InChI=1S/C21H21N3O6S/c1-3-12-9-15(21(28)29-4-2)20(31-12)22-17(25)11-30-18(26)10-16-13-7-5-6-8-14(13)19(27)24-23-16/h5-9H,3-4,10-11H2,1-2H3,(H,22,25)(H,24,27). The van der Waals surface area contributed by atoms with Crippen molar-refractivity contribution in [2.24, 2.45) is 0 Å². The van der Waals surface area contributed by atoms with Gasteiger partial charge in [0.25, 0.3) is 11.5 Å². The van der Waals surface area contributed by atoms with Gasteiger partial charge in [-0.3, -0.25) is 14.4 Å². The zero-order chi connectivity index (χ0) is 22.4. The predicted octanol–water partition coefficient (Wildman–Crippen LogP) is 2.45. The molecule has 0 saturated carbocycles. The number of aromatic nitrogens is 2. The number of carbonyl (C=O) groups is 3. The normalized spacial score (nSPS) is 10.6. The zero-order valence-corrected chi connectivity index (χ0v) is 17.8.